The van der Waals surface area contributed by atoms with Gasteiger partial charge in [0.05, 0.1) is 5.02 Å². The van der Waals surface area contributed by atoms with Crippen LogP contribution < -0.4 is 5.32 Å². The minimum atomic E-state index is -0.324. The second-order valence-electron chi connectivity index (χ2n) is 6.95. The molecule has 0 amide bonds. The van der Waals surface area contributed by atoms with Gasteiger partial charge < -0.3 is 5.32 Å². The van der Waals surface area contributed by atoms with Gasteiger partial charge >= 0.3 is 0 Å². The van der Waals surface area contributed by atoms with E-state index < -0.39 is 0 Å². The van der Waals surface area contributed by atoms with E-state index in [4.69, 9.17) is 11.6 Å². The number of hydrogen-bond donors (Lipinski definition) is 1. The summed E-state index contributed by atoms with van der Waals surface area (Å²) in [6.45, 7) is 7.82. The van der Waals surface area contributed by atoms with Crippen molar-refractivity contribution in [1.29, 1.82) is 0 Å². The van der Waals surface area contributed by atoms with Crippen LogP contribution in [0.4, 0.5) is 4.39 Å². The van der Waals surface area contributed by atoms with Crippen LogP contribution >= 0.6 is 11.6 Å². The van der Waals surface area contributed by atoms with Crippen molar-refractivity contribution in [2.75, 3.05) is 6.54 Å². The van der Waals surface area contributed by atoms with E-state index in [0.717, 1.165) is 24.4 Å². The lowest BCUT2D eigenvalue weighted by Gasteiger charge is -2.36. The van der Waals surface area contributed by atoms with E-state index in [-0.39, 0.29) is 10.8 Å². The first-order chi connectivity index (χ1) is 9.95. The monoisotopic (exact) mass is 311 g/mol. The average Bonchev–Trinajstić information content (AvgIpc) is 2.42. The summed E-state index contributed by atoms with van der Waals surface area (Å²) >= 11 is 5.91. The third-order valence-electron chi connectivity index (χ3n) is 4.67. The first-order valence-corrected chi connectivity index (χ1v) is 8.50. The third-order valence-corrected chi connectivity index (χ3v) is 4.96. The molecule has 1 aliphatic carbocycles. The van der Waals surface area contributed by atoms with Gasteiger partial charge in [0.15, 0.2) is 0 Å². The molecule has 3 atom stereocenters. The molecule has 0 spiro atoms. The third kappa shape index (κ3) is 4.96. The lowest BCUT2D eigenvalue weighted by Crippen LogP contribution is -2.36. The second kappa shape index (κ2) is 7.60. The highest BCUT2D eigenvalue weighted by atomic mass is 35.5. The van der Waals surface area contributed by atoms with Gasteiger partial charge in [-0.1, -0.05) is 44.9 Å². The summed E-state index contributed by atoms with van der Waals surface area (Å²) in [7, 11) is 0. The highest BCUT2D eigenvalue weighted by Gasteiger charge is 2.28. The van der Waals surface area contributed by atoms with E-state index in [9.17, 15) is 4.39 Å². The molecule has 0 aromatic heterocycles. The molecule has 1 nitrogen and oxygen atoms in total. The minimum absolute atomic E-state index is 0.244. The Labute approximate surface area is 133 Å². The van der Waals surface area contributed by atoms with Crippen LogP contribution in [0.15, 0.2) is 18.2 Å². The Morgan fingerprint density at radius 3 is 2.71 bits per heavy atom. The molecule has 0 aliphatic heterocycles. The zero-order valence-electron chi connectivity index (χ0n) is 13.3. The Kier molecular flexibility index (Phi) is 6.07. The van der Waals surface area contributed by atoms with Crippen molar-refractivity contribution >= 4 is 11.6 Å². The number of nitrogens with one attached hydrogen (secondary N) is 1. The summed E-state index contributed by atoms with van der Waals surface area (Å²) in [5.41, 5.74) is 1.16. The van der Waals surface area contributed by atoms with Gasteiger partial charge in [0.25, 0.3) is 0 Å². The van der Waals surface area contributed by atoms with Gasteiger partial charge in [-0.3, -0.25) is 0 Å². The van der Waals surface area contributed by atoms with Gasteiger partial charge in [-0.05, 0) is 61.3 Å². The topological polar surface area (TPSA) is 12.0 Å². The van der Waals surface area contributed by atoms with Crippen molar-refractivity contribution in [3.63, 3.8) is 0 Å². The van der Waals surface area contributed by atoms with Crippen LogP contribution in [0.1, 0.15) is 45.6 Å². The Morgan fingerprint density at radius 2 is 2.05 bits per heavy atom. The summed E-state index contributed by atoms with van der Waals surface area (Å²) in [5, 5.41) is 3.82. The number of halogens is 2. The molecule has 0 radical (unpaired) electrons. The lowest BCUT2D eigenvalue weighted by molar-refractivity contribution is 0.181. The standard InChI is InChI=1S/C18H27ClFN/c1-12(2)21-11-15-6-4-13(3)8-16(15)9-14-5-7-18(20)17(19)10-14/h5,7,10,12-13,15-16,21H,4,6,8-9,11H2,1-3H3. The van der Waals surface area contributed by atoms with Crippen molar-refractivity contribution in [2.45, 2.75) is 52.5 Å². The fraction of sp³-hybridized carbons (Fsp3) is 0.667. The van der Waals surface area contributed by atoms with Crippen LogP contribution in [0.2, 0.25) is 5.02 Å². The van der Waals surface area contributed by atoms with Gasteiger partial charge in [0.2, 0.25) is 0 Å². The molecule has 21 heavy (non-hydrogen) atoms. The minimum Gasteiger partial charge on any atom is -0.314 e. The Morgan fingerprint density at radius 1 is 1.29 bits per heavy atom. The van der Waals surface area contributed by atoms with Crippen LogP contribution in [0.25, 0.3) is 0 Å². The SMILES string of the molecule is CC1CCC(CNC(C)C)C(Cc2ccc(F)c(Cl)c2)C1. The van der Waals surface area contributed by atoms with Crippen LogP contribution in [0, 0.1) is 23.6 Å². The van der Waals surface area contributed by atoms with Crippen molar-refractivity contribution in [1.82, 2.24) is 5.32 Å². The Bertz CT molecular complexity index is 461. The van der Waals surface area contributed by atoms with Gasteiger partial charge in [0.1, 0.15) is 5.82 Å². The van der Waals surface area contributed by atoms with E-state index in [1.807, 2.05) is 6.07 Å². The maximum absolute atomic E-state index is 13.3. The van der Waals surface area contributed by atoms with E-state index in [0.29, 0.717) is 17.9 Å². The summed E-state index contributed by atoms with van der Waals surface area (Å²) in [6, 6.07) is 5.70. The molecule has 118 valence electrons. The molecule has 1 aromatic rings. The smallest absolute Gasteiger partial charge is 0.141 e. The van der Waals surface area contributed by atoms with Crippen LogP contribution in [-0.4, -0.2) is 12.6 Å². The molecule has 1 aliphatic rings. The molecule has 3 unspecified atom stereocenters. The summed E-state index contributed by atoms with van der Waals surface area (Å²) in [4.78, 5) is 0. The molecule has 1 saturated carbocycles. The molecule has 1 N–H and O–H groups in total. The van der Waals surface area contributed by atoms with Gasteiger partial charge in [-0.25, -0.2) is 4.39 Å². The van der Waals surface area contributed by atoms with Gasteiger partial charge in [-0.15, -0.1) is 0 Å². The molecule has 0 bridgehead atoms. The first kappa shape index (κ1) is 16.8. The van der Waals surface area contributed by atoms with Gasteiger partial charge in [-0.2, -0.15) is 0 Å². The maximum atomic E-state index is 13.3. The first-order valence-electron chi connectivity index (χ1n) is 8.13. The van der Waals surface area contributed by atoms with E-state index in [1.165, 1.54) is 25.3 Å². The van der Waals surface area contributed by atoms with Crippen molar-refractivity contribution < 1.29 is 4.39 Å². The molecule has 0 heterocycles. The van der Waals surface area contributed by atoms with Crippen molar-refractivity contribution in [3.8, 4) is 0 Å². The Balaban J connectivity index is 2.03. The summed E-state index contributed by atoms with van der Waals surface area (Å²) in [6.07, 6.45) is 4.89. The Hall–Kier alpha value is -0.600. The number of benzene rings is 1. The lowest BCUT2D eigenvalue weighted by atomic mass is 9.72. The quantitative estimate of drug-likeness (QED) is 0.800. The van der Waals surface area contributed by atoms with E-state index >= 15 is 0 Å². The maximum Gasteiger partial charge on any atom is 0.141 e. The van der Waals surface area contributed by atoms with Crippen molar-refractivity contribution in [2.24, 2.45) is 17.8 Å². The van der Waals surface area contributed by atoms with Crippen molar-refractivity contribution in [3.05, 3.63) is 34.6 Å². The molecular weight excluding hydrogens is 285 g/mol. The summed E-state index contributed by atoms with van der Waals surface area (Å²) < 4.78 is 13.3. The largest absolute Gasteiger partial charge is 0.314 e. The molecule has 1 fully saturated rings. The van der Waals surface area contributed by atoms with Crippen LogP contribution in [0.3, 0.4) is 0 Å². The highest BCUT2D eigenvalue weighted by Crippen LogP contribution is 2.36. The number of hydrogen-bond acceptors (Lipinski definition) is 1. The zero-order chi connectivity index (χ0) is 15.4. The van der Waals surface area contributed by atoms with E-state index in [1.54, 1.807) is 6.07 Å². The highest BCUT2D eigenvalue weighted by molar-refractivity contribution is 6.30. The van der Waals surface area contributed by atoms with Crippen LogP contribution in [0.5, 0.6) is 0 Å². The summed E-state index contributed by atoms with van der Waals surface area (Å²) in [5.74, 6) is 1.85. The second-order valence-corrected chi connectivity index (χ2v) is 7.36. The molecule has 0 saturated heterocycles. The van der Waals surface area contributed by atoms with Gasteiger partial charge in [0, 0.05) is 6.04 Å². The number of rotatable bonds is 5. The predicted octanol–water partition coefficient (Wildman–Crippen LogP) is 5.07. The molecular formula is C18H27ClFN. The fourth-order valence-corrected chi connectivity index (χ4v) is 3.64. The fourth-order valence-electron chi connectivity index (χ4n) is 3.44. The molecule has 1 aromatic carbocycles. The average molecular weight is 312 g/mol. The van der Waals surface area contributed by atoms with Crippen LogP contribution in [-0.2, 0) is 6.42 Å². The molecule has 3 heteroatoms. The molecule has 2 rings (SSSR count). The predicted molar refractivity (Wildman–Crippen MR) is 88.2 cm³/mol. The van der Waals surface area contributed by atoms with E-state index in [2.05, 4.69) is 26.1 Å². The zero-order valence-corrected chi connectivity index (χ0v) is 14.1. The normalized spacial score (nSPS) is 26.3.